The Morgan fingerprint density at radius 1 is 1.00 bits per heavy atom. The molecule has 1 unspecified atom stereocenters. The number of rotatable bonds is 3. The quantitative estimate of drug-likeness (QED) is 0.826. The molecule has 0 amide bonds. The van der Waals surface area contributed by atoms with Gasteiger partial charge < -0.3 is 5.11 Å². The molecule has 0 heterocycles. The molecule has 2 nitrogen and oxygen atoms in total. The van der Waals surface area contributed by atoms with E-state index in [0.717, 1.165) is 8.95 Å². The van der Waals surface area contributed by atoms with E-state index in [9.17, 15) is 9.90 Å². The Balaban J connectivity index is 2.29. The number of hydrogen-bond acceptors (Lipinski definition) is 2. The van der Waals surface area contributed by atoms with Gasteiger partial charge in [0.05, 0.1) is 0 Å². The molecule has 0 fully saturated rings. The smallest absolute Gasteiger partial charge is 0.195 e. The van der Waals surface area contributed by atoms with E-state index in [0.29, 0.717) is 11.1 Å². The zero-order valence-electron chi connectivity index (χ0n) is 9.31. The lowest BCUT2D eigenvalue weighted by molar-refractivity contribution is 0.0747. The molecule has 4 heteroatoms. The SMILES string of the molecule is O=C(c1cccc(Br)c1)C(O)c1cccc(Br)c1. The maximum Gasteiger partial charge on any atom is 0.195 e. The first-order valence-electron chi connectivity index (χ1n) is 5.31. The van der Waals surface area contributed by atoms with Crippen molar-refractivity contribution in [1.29, 1.82) is 0 Å². The average Bonchev–Trinajstić information content (AvgIpc) is 2.37. The van der Waals surface area contributed by atoms with Crippen molar-refractivity contribution in [1.82, 2.24) is 0 Å². The largest absolute Gasteiger partial charge is 0.380 e. The van der Waals surface area contributed by atoms with Gasteiger partial charge in [0.1, 0.15) is 6.10 Å². The topological polar surface area (TPSA) is 37.3 Å². The van der Waals surface area contributed by atoms with Crippen LogP contribution >= 0.6 is 31.9 Å². The predicted octanol–water partition coefficient (Wildman–Crippen LogP) is 4.13. The summed E-state index contributed by atoms with van der Waals surface area (Å²) in [7, 11) is 0. The minimum Gasteiger partial charge on any atom is -0.380 e. The molecule has 0 radical (unpaired) electrons. The van der Waals surface area contributed by atoms with E-state index in [2.05, 4.69) is 31.9 Å². The highest BCUT2D eigenvalue weighted by Gasteiger charge is 2.19. The van der Waals surface area contributed by atoms with Crippen LogP contribution in [0.15, 0.2) is 57.5 Å². The number of carbonyl (C=O) groups excluding carboxylic acids is 1. The van der Waals surface area contributed by atoms with Crippen LogP contribution < -0.4 is 0 Å². The lowest BCUT2D eigenvalue weighted by Crippen LogP contribution is -2.12. The van der Waals surface area contributed by atoms with Crippen molar-refractivity contribution in [2.45, 2.75) is 6.10 Å². The standard InChI is InChI=1S/C14H10Br2O2/c15-11-5-1-3-9(7-11)13(17)14(18)10-4-2-6-12(16)8-10/h1-8,13,17H. The van der Waals surface area contributed by atoms with Crippen molar-refractivity contribution in [3.8, 4) is 0 Å². The Labute approximate surface area is 122 Å². The monoisotopic (exact) mass is 368 g/mol. The molecule has 0 saturated heterocycles. The molecule has 2 rings (SSSR count). The average molecular weight is 370 g/mol. The Morgan fingerprint density at radius 3 is 2.22 bits per heavy atom. The van der Waals surface area contributed by atoms with E-state index < -0.39 is 6.10 Å². The fraction of sp³-hybridized carbons (Fsp3) is 0.0714. The number of hydrogen-bond donors (Lipinski definition) is 1. The predicted molar refractivity (Wildman–Crippen MR) is 77.6 cm³/mol. The van der Waals surface area contributed by atoms with Crippen LogP contribution in [0.1, 0.15) is 22.0 Å². The molecule has 0 aliphatic carbocycles. The van der Waals surface area contributed by atoms with Gasteiger partial charge in [0.15, 0.2) is 5.78 Å². The summed E-state index contributed by atoms with van der Waals surface area (Å²) >= 11 is 6.62. The zero-order valence-corrected chi connectivity index (χ0v) is 12.5. The molecule has 0 aliphatic rings. The molecule has 92 valence electrons. The first-order chi connectivity index (χ1) is 8.58. The molecule has 0 aromatic heterocycles. The van der Waals surface area contributed by atoms with Gasteiger partial charge in [-0.05, 0) is 29.8 Å². The van der Waals surface area contributed by atoms with Crippen molar-refractivity contribution in [3.63, 3.8) is 0 Å². The van der Waals surface area contributed by atoms with Gasteiger partial charge >= 0.3 is 0 Å². The highest BCUT2D eigenvalue weighted by molar-refractivity contribution is 9.10. The number of aliphatic hydroxyl groups excluding tert-OH is 1. The Bertz CT molecular complexity index is 582. The van der Waals surface area contributed by atoms with Crippen molar-refractivity contribution >= 4 is 37.6 Å². The van der Waals surface area contributed by atoms with Gasteiger partial charge in [0.2, 0.25) is 0 Å². The number of Topliss-reactive ketones (excluding diaryl/α,β-unsaturated/α-hetero) is 1. The number of halogens is 2. The van der Waals surface area contributed by atoms with Gasteiger partial charge in [-0.15, -0.1) is 0 Å². The maximum absolute atomic E-state index is 12.1. The molecule has 2 aromatic carbocycles. The van der Waals surface area contributed by atoms with Crippen LogP contribution in [0.3, 0.4) is 0 Å². The molecule has 0 bridgehead atoms. The van der Waals surface area contributed by atoms with E-state index in [1.165, 1.54) is 0 Å². The normalized spacial score (nSPS) is 12.2. The summed E-state index contributed by atoms with van der Waals surface area (Å²) in [5.74, 6) is -0.311. The van der Waals surface area contributed by atoms with E-state index >= 15 is 0 Å². The van der Waals surface area contributed by atoms with Gasteiger partial charge in [0, 0.05) is 14.5 Å². The number of carbonyl (C=O) groups is 1. The third-order valence-electron chi connectivity index (χ3n) is 2.52. The first-order valence-corrected chi connectivity index (χ1v) is 6.90. The van der Waals surface area contributed by atoms with Crippen molar-refractivity contribution in [2.75, 3.05) is 0 Å². The van der Waals surface area contributed by atoms with Crippen LogP contribution in [-0.4, -0.2) is 10.9 Å². The fourth-order valence-corrected chi connectivity index (χ4v) is 2.44. The van der Waals surface area contributed by atoms with E-state index in [1.54, 1.807) is 36.4 Å². The van der Waals surface area contributed by atoms with E-state index in [4.69, 9.17) is 0 Å². The molecule has 1 N–H and O–H groups in total. The van der Waals surface area contributed by atoms with Crippen LogP contribution in [0.5, 0.6) is 0 Å². The van der Waals surface area contributed by atoms with Crippen molar-refractivity contribution in [2.24, 2.45) is 0 Å². The summed E-state index contributed by atoms with van der Waals surface area (Å²) in [5, 5.41) is 10.1. The summed E-state index contributed by atoms with van der Waals surface area (Å²) < 4.78 is 1.65. The molecule has 2 aromatic rings. The number of aliphatic hydroxyl groups is 1. The summed E-state index contributed by atoms with van der Waals surface area (Å²) in [6.07, 6.45) is -1.14. The van der Waals surface area contributed by atoms with Crippen LogP contribution in [0.4, 0.5) is 0 Å². The second kappa shape index (κ2) is 5.78. The van der Waals surface area contributed by atoms with Gasteiger partial charge in [-0.3, -0.25) is 4.79 Å². The molecule has 0 saturated carbocycles. The van der Waals surface area contributed by atoms with Crippen molar-refractivity contribution < 1.29 is 9.90 Å². The minimum absolute atomic E-state index is 0.311. The van der Waals surface area contributed by atoms with Gasteiger partial charge in [-0.25, -0.2) is 0 Å². The van der Waals surface area contributed by atoms with Crippen LogP contribution in [0.25, 0.3) is 0 Å². The zero-order chi connectivity index (χ0) is 13.1. The molecule has 18 heavy (non-hydrogen) atoms. The second-order valence-corrected chi connectivity index (χ2v) is 5.66. The lowest BCUT2D eigenvalue weighted by Gasteiger charge is -2.10. The summed E-state index contributed by atoms with van der Waals surface area (Å²) in [5.41, 5.74) is 1.06. The van der Waals surface area contributed by atoms with E-state index in [1.807, 2.05) is 12.1 Å². The Morgan fingerprint density at radius 2 is 1.61 bits per heavy atom. The number of ketones is 1. The van der Waals surface area contributed by atoms with Gasteiger partial charge in [-0.1, -0.05) is 56.1 Å². The van der Waals surface area contributed by atoms with Crippen LogP contribution in [0, 0.1) is 0 Å². The van der Waals surface area contributed by atoms with Crippen molar-refractivity contribution in [3.05, 3.63) is 68.6 Å². The maximum atomic E-state index is 12.1. The highest BCUT2D eigenvalue weighted by Crippen LogP contribution is 2.23. The van der Waals surface area contributed by atoms with Crippen LogP contribution in [-0.2, 0) is 0 Å². The molecule has 0 spiro atoms. The molecular formula is C14H10Br2O2. The molecule has 0 aliphatic heterocycles. The van der Waals surface area contributed by atoms with E-state index in [-0.39, 0.29) is 5.78 Å². The van der Waals surface area contributed by atoms with Gasteiger partial charge in [0.25, 0.3) is 0 Å². The fourth-order valence-electron chi connectivity index (χ4n) is 1.63. The molecule has 1 atom stereocenters. The third-order valence-corrected chi connectivity index (χ3v) is 3.51. The summed E-state index contributed by atoms with van der Waals surface area (Å²) in [6, 6.07) is 14.1. The minimum atomic E-state index is -1.14. The van der Waals surface area contributed by atoms with Crippen LogP contribution in [0.2, 0.25) is 0 Å². The lowest BCUT2D eigenvalue weighted by atomic mass is 10.0. The number of benzene rings is 2. The Kier molecular flexibility index (Phi) is 4.32. The molecular weight excluding hydrogens is 360 g/mol. The summed E-state index contributed by atoms with van der Waals surface area (Å²) in [6.45, 7) is 0. The highest BCUT2D eigenvalue weighted by atomic mass is 79.9. The Hall–Kier alpha value is -0.970. The first kappa shape index (κ1) is 13.5. The third kappa shape index (κ3) is 3.07. The summed E-state index contributed by atoms with van der Waals surface area (Å²) in [4.78, 5) is 12.1. The van der Waals surface area contributed by atoms with Gasteiger partial charge in [-0.2, -0.15) is 0 Å². The second-order valence-electron chi connectivity index (χ2n) is 3.83.